The maximum absolute atomic E-state index is 12.9. The molecular weight excluding hydrogens is 396 g/mol. The van der Waals surface area contributed by atoms with Crippen LogP contribution in [0.2, 0.25) is 0 Å². The van der Waals surface area contributed by atoms with Crippen molar-refractivity contribution < 1.29 is 13.2 Å². The van der Waals surface area contributed by atoms with Gasteiger partial charge in [0, 0.05) is 12.1 Å². The van der Waals surface area contributed by atoms with Crippen molar-refractivity contribution in [2.24, 2.45) is 0 Å². The van der Waals surface area contributed by atoms with Gasteiger partial charge in [0.05, 0.1) is 10.9 Å². The van der Waals surface area contributed by atoms with E-state index in [0.717, 1.165) is 22.3 Å². The van der Waals surface area contributed by atoms with Gasteiger partial charge in [-0.05, 0) is 61.7 Å². The molecule has 0 aliphatic rings. The summed E-state index contributed by atoms with van der Waals surface area (Å²) in [6.45, 7) is 5.88. The van der Waals surface area contributed by atoms with E-state index in [1.807, 2.05) is 69.3 Å². The van der Waals surface area contributed by atoms with Crippen LogP contribution in [0.5, 0.6) is 0 Å². The molecule has 3 aromatic carbocycles. The first kappa shape index (κ1) is 21.7. The van der Waals surface area contributed by atoms with Gasteiger partial charge in [0.2, 0.25) is 15.9 Å². The number of aryl methyl sites for hydroxylation is 3. The second kappa shape index (κ2) is 9.24. The Labute approximate surface area is 178 Å². The van der Waals surface area contributed by atoms with E-state index < -0.39 is 16.1 Å². The van der Waals surface area contributed by atoms with E-state index in [0.29, 0.717) is 5.69 Å². The van der Waals surface area contributed by atoms with Crippen molar-refractivity contribution in [3.8, 4) is 0 Å². The first-order valence-electron chi connectivity index (χ1n) is 9.75. The number of carbonyl (C=O) groups excluding carboxylic acids is 1. The Kier molecular flexibility index (Phi) is 6.70. The zero-order valence-electron chi connectivity index (χ0n) is 17.3. The highest BCUT2D eigenvalue weighted by Crippen LogP contribution is 2.22. The Hall–Kier alpha value is -2.96. The van der Waals surface area contributed by atoms with Gasteiger partial charge in [-0.3, -0.25) is 4.79 Å². The monoisotopic (exact) mass is 422 g/mol. The third-order valence-electron chi connectivity index (χ3n) is 5.01. The fourth-order valence-electron chi connectivity index (χ4n) is 3.10. The fraction of sp³-hybridized carbons (Fsp3) is 0.208. The molecule has 0 spiro atoms. The van der Waals surface area contributed by atoms with Gasteiger partial charge in [-0.2, -0.15) is 0 Å². The Morgan fingerprint density at radius 2 is 1.53 bits per heavy atom. The van der Waals surface area contributed by atoms with Gasteiger partial charge >= 0.3 is 0 Å². The molecule has 0 bridgehead atoms. The summed E-state index contributed by atoms with van der Waals surface area (Å²) in [7, 11) is -3.79. The predicted molar refractivity (Wildman–Crippen MR) is 120 cm³/mol. The second-order valence-electron chi connectivity index (χ2n) is 7.45. The van der Waals surface area contributed by atoms with E-state index in [2.05, 4.69) is 10.0 Å². The summed E-state index contributed by atoms with van der Waals surface area (Å²) in [6.07, 6.45) is -0.0258. The first-order valence-corrected chi connectivity index (χ1v) is 11.2. The average Bonchev–Trinajstić information content (AvgIpc) is 2.71. The van der Waals surface area contributed by atoms with E-state index in [-0.39, 0.29) is 17.2 Å². The number of anilines is 1. The van der Waals surface area contributed by atoms with Crippen LogP contribution >= 0.6 is 0 Å². The van der Waals surface area contributed by atoms with Gasteiger partial charge in [0.1, 0.15) is 0 Å². The molecule has 5 nitrogen and oxygen atoms in total. The van der Waals surface area contributed by atoms with Crippen molar-refractivity contribution >= 4 is 21.6 Å². The highest BCUT2D eigenvalue weighted by Gasteiger charge is 2.24. The molecule has 1 atom stereocenters. The molecule has 3 aromatic rings. The molecule has 0 saturated heterocycles. The highest BCUT2D eigenvalue weighted by molar-refractivity contribution is 7.89. The summed E-state index contributed by atoms with van der Waals surface area (Å²) in [4.78, 5) is 12.9. The van der Waals surface area contributed by atoms with E-state index >= 15 is 0 Å². The lowest BCUT2D eigenvalue weighted by Crippen LogP contribution is -2.31. The van der Waals surface area contributed by atoms with Crippen LogP contribution < -0.4 is 10.0 Å². The van der Waals surface area contributed by atoms with E-state index in [4.69, 9.17) is 0 Å². The van der Waals surface area contributed by atoms with E-state index in [1.165, 1.54) is 0 Å². The number of benzene rings is 3. The minimum Gasteiger partial charge on any atom is -0.326 e. The maximum Gasteiger partial charge on any atom is 0.241 e. The molecular formula is C24H26N2O3S. The average molecular weight is 423 g/mol. The second-order valence-corrected chi connectivity index (χ2v) is 9.16. The van der Waals surface area contributed by atoms with Gasteiger partial charge in [0.25, 0.3) is 0 Å². The van der Waals surface area contributed by atoms with Crippen LogP contribution in [0.15, 0.2) is 77.7 Å². The number of amides is 1. The molecule has 0 aromatic heterocycles. The smallest absolute Gasteiger partial charge is 0.241 e. The van der Waals surface area contributed by atoms with Crippen molar-refractivity contribution in [3.05, 3.63) is 95.1 Å². The third kappa shape index (κ3) is 5.55. The summed E-state index contributed by atoms with van der Waals surface area (Å²) >= 11 is 0. The minimum atomic E-state index is -3.79. The minimum absolute atomic E-state index is 0.0258. The van der Waals surface area contributed by atoms with E-state index in [9.17, 15) is 13.2 Å². The standard InChI is InChI=1S/C24H26N2O3S/c1-17-9-13-22(14-10-17)30(28,29)26-23(20-7-5-4-6-8-20)16-24(27)25-21-12-11-18(2)19(3)15-21/h4-15,23,26H,16H2,1-3H3,(H,25,27)/t23-/m0/s1. The topological polar surface area (TPSA) is 75.3 Å². The molecule has 0 heterocycles. The first-order chi connectivity index (χ1) is 14.2. The molecule has 0 unspecified atom stereocenters. The zero-order valence-corrected chi connectivity index (χ0v) is 18.2. The van der Waals surface area contributed by atoms with Gasteiger partial charge in [-0.1, -0.05) is 54.1 Å². The van der Waals surface area contributed by atoms with Crippen LogP contribution in [0, 0.1) is 20.8 Å². The maximum atomic E-state index is 12.9. The van der Waals surface area contributed by atoms with Crippen LogP contribution in [0.1, 0.15) is 34.7 Å². The quantitative estimate of drug-likeness (QED) is 0.581. The molecule has 156 valence electrons. The van der Waals surface area contributed by atoms with E-state index in [1.54, 1.807) is 24.3 Å². The Morgan fingerprint density at radius 1 is 0.867 bits per heavy atom. The molecule has 0 aliphatic heterocycles. The highest BCUT2D eigenvalue weighted by atomic mass is 32.2. The molecule has 3 rings (SSSR count). The molecule has 2 N–H and O–H groups in total. The summed E-state index contributed by atoms with van der Waals surface area (Å²) in [5, 5.41) is 2.87. The Balaban J connectivity index is 1.81. The normalized spacial score (nSPS) is 12.4. The lowest BCUT2D eigenvalue weighted by atomic mass is 10.0. The molecule has 0 aliphatic carbocycles. The van der Waals surface area contributed by atoms with Gasteiger partial charge in [-0.15, -0.1) is 0 Å². The Bertz CT molecular complexity index is 1120. The van der Waals surface area contributed by atoms with Crippen molar-refractivity contribution in [2.75, 3.05) is 5.32 Å². The number of carbonyl (C=O) groups is 1. The number of hydrogen-bond acceptors (Lipinski definition) is 3. The van der Waals surface area contributed by atoms with Crippen molar-refractivity contribution in [2.45, 2.75) is 38.1 Å². The number of nitrogens with one attached hydrogen (secondary N) is 2. The summed E-state index contributed by atoms with van der Waals surface area (Å²) in [5.41, 5.74) is 4.61. The van der Waals surface area contributed by atoms with Crippen LogP contribution in [-0.2, 0) is 14.8 Å². The number of sulfonamides is 1. The van der Waals surface area contributed by atoms with Crippen LogP contribution in [0.25, 0.3) is 0 Å². The van der Waals surface area contributed by atoms with Crippen molar-refractivity contribution in [3.63, 3.8) is 0 Å². The lowest BCUT2D eigenvalue weighted by Gasteiger charge is -2.19. The molecule has 1 amide bonds. The van der Waals surface area contributed by atoms with Crippen molar-refractivity contribution in [1.82, 2.24) is 4.72 Å². The zero-order chi connectivity index (χ0) is 21.7. The number of rotatable bonds is 7. The third-order valence-corrected chi connectivity index (χ3v) is 6.50. The van der Waals surface area contributed by atoms with Crippen LogP contribution in [0.4, 0.5) is 5.69 Å². The van der Waals surface area contributed by atoms with Crippen LogP contribution in [0.3, 0.4) is 0 Å². The molecule has 30 heavy (non-hydrogen) atoms. The van der Waals surface area contributed by atoms with Crippen LogP contribution in [-0.4, -0.2) is 14.3 Å². The molecule has 6 heteroatoms. The van der Waals surface area contributed by atoms with Crippen molar-refractivity contribution in [1.29, 1.82) is 0 Å². The molecule has 0 fully saturated rings. The molecule has 0 radical (unpaired) electrons. The number of hydrogen-bond donors (Lipinski definition) is 2. The Morgan fingerprint density at radius 3 is 2.17 bits per heavy atom. The van der Waals surface area contributed by atoms with Gasteiger partial charge in [0.15, 0.2) is 0 Å². The lowest BCUT2D eigenvalue weighted by molar-refractivity contribution is -0.116. The summed E-state index contributed by atoms with van der Waals surface area (Å²) in [6, 6.07) is 20.7. The van der Waals surface area contributed by atoms with Gasteiger partial charge < -0.3 is 5.32 Å². The molecule has 0 saturated carbocycles. The summed E-state index contributed by atoms with van der Waals surface area (Å²) in [5.74, 6) is -0.265. The fourth-order valence-corrected chi connectivity index (χ4v) is 4.33. The SMILES string of the molecule is Cc1ccc(S(=O)(=O)N[C@@H](CC(=O)Nc2ccc(C)c(C)c2)c2ccccc2)cc1. The largest absolute Gasteiger partial charge is 0.326 e. The van der Waals surface area contributed by atoms with Gasteiger partial charge in [-0.25, -0.2) is 13.1 Å². The predicted octanol–water partition coefficient (Wildman–Crippen LogP) is 4.66. The summed E-state index contributed by atoms with van der Waals surface area (Å²) < 4.78 is 28.5.